The second-order valence-corrected chi connectivity index (χ2v) is 1.96. The summed E-state index contributed by atoms with van der Waals surface area (Å²) in [5.41, 5.74) is 0. The smallest absolute Gasteiger partial charge is 0.449 e. The predicted octanol–water partition coefficient (Wildman–Crippen LogP) is 2.21. The van der Waals surface area contributed by atoms with E-state index in [9.17, 15) is 4.79 Å². The Labute approximate surface area is 64.2 Å². The Kier molecular flexibility index (Phi) is 5.97. The van der Waals surface area contributed by atoms with Gasteiger partial charge < -0.3 is 9.84 Å². The maximum atomic E-state index is 9.73. The maximum absolute atomic E-state index is 9.73. The molecule has 0 saturated heterocycles. The van der Waals surface area contributed by atoms with Crippen LogP contribution in [0.2, 0.25) is 0 Å². The van der Waals surface area contributed by atoms with Crippen LogP contribution in [0.15, 0.2) is 12.3 Å². The molecule has 0 spiro atoms. The Morgan fingerprint density at radius 3 is 2.90 bits per heavy atom. The van der Waals surface area contributed by atoms with Crippen molar-refractivity contribution in [3.05, 3.63) is 12.3 Å². The van der Waals surface area contributed by atoms with E-state index >= 15 is 0 Å². The fourth-order valence-corrected chi connectivity index (χ4v) is 0.524. The molecule has 0 aromatic carbocycles. The van der Waals surface area contributed by atoms with Gasteiger partial charge in [-0.05, 0) is 18.9 Å². The number of carbonyl (C=O) groups is 1. The van der Waals surface area contributed by atoms with Crippen LogP contribution < -0.4 is 0 Å². The molecule has 0 bridgehead atoms. The monoisotopic (exact) mass is 164 g/mol. The molecule has 0 amide bonds. The van der Waals surface area contributed by atoms with Crippen molar-refractivity contribution in [1.29, 1.82) is 0 Å². The third kappa shape index (κ3) is 7.30. The van der Waals surface area contributed by atoms with Crippen LogP contribution in [0.3, 0.4) is 0 Å². The zero-order valence-corrected chi connectivity index (χ0v) is 6.17. The van der Waals surface area contributed by atoms with Crippen molar-refractivity contribution in [2.24, 2.45) is 0 Å². The van der Waals surface area contributed by atoms with Gasteiger partial charge in [0.15, 0.2) is 0 Å². The zero-order chi connectivity index (χ0) is 7.82. The molecule has 0 aliphatic rings. The van der Waals surface area contributed by atoms with Crippen LogP contribution in [0.5, 0.6) is 0 Å². The number of ether oxygens (including phenoxy) is 1. The van der Waals surface area contributed by atoms with Crippen molar-refractivity contribution in [3.8, 4) is 0 Å². The number of hydrogen-bond acceptors (Lipinski definition) is 2. The third-order valence-electron chi connectivity index (χ3n) is 0.770. The number of halogens is 1. The molecule has 0 fully saturated rings. The molecule has 3 nitrogen and oxygen atoms in total. The Morgan fingerprint density at radius 2 is 2.40 bits per heavy atom. The number of hydrogen-bond donors (Lipinski definition) is 1. The minimum atomic E-state index is -1.29. The first kappa shape index (κ1) is 9.30. The van der Waals surface area contributed by atoms with E-state index < -0.39 is 6.16 Å². The van der Waals surface area contributed by atoms with Gasteiger partial charge in [-0.25, -0.2) is 4.79 Å². The molecule has 0 rings (SSSR count). The van der Waals surface area contributed by atoms with Crippen molar-refractivity contribution in [3.63, 3.8) is 0 Å². The van der Waals surface area contributed by atoms with Gasteiger partial charge >= 0.3 is 6.16 Å². The molecular weight excluding hydrogens is 156 g/mol. The summed E-state index contributed by atoms with van der Waals surface area (Å²) in [5, 5.41) is 7.97. The van der Waals surface area contributed by atoms with Gasteiger partial charge in [0.2, 0.25) is 0 Å². The minimum absolute atomic E-state index is 0.581. The van der Waals surface area contributed by atoms with Crippen molar-refractivity contribution in [2.75, 3.05) is 5.88 Å². The summed E-state index contributed by atoms with van der Waals surface area (Å²) >= 11 is 5.35. The molecule has 0 heterocycles. The van der Waals surface area contributed by atoms with Crippen molar-refractivity contribution < 1.29 is 14.6 Å². The highest BCUT2D eigenvalue weighted by atomic mass is 35.5. The summed E-state index contributed by atoms with van der Waals surface area (Å²) < 4.78 is 4.08. The molecule has 0 radical (unpaired) electrons. The number of unbranched alkanes of at least 4 members (excludes halogenated alkanes) is 1. The van der Waals surface area contributed by atoms with E-state index in [-0.39, 0.29) is 0 Å². The van der Waals surface area contributed by atoms with Crippen molar-refractivity contribution >= 4 is 17.8 Å². The van der Waals surface area contributed by atoms with Crippen molar-refractivity contribution in [2.45, 2.75) is 12.8 Å². The standard InChI is InChI=1S/C6H9ClO3/c7-4-2-1-3-5-10-6(8)9/h3,5H,1-2,4H2,(H,8,9). The maximum Gasteiger partial charge on any atom is 0.510 e. The van der Waals surface area contributed by atoms with E-state index in [4.69, 9.17) is 16.7 Å². The fourth-order valence-electron chi connectivity index (χ4n) is 0.369. The average Bonchev–Trinajstić information content (AvgIpc) is 1.87. The molecule has 0 atom stereocenters. The van der Waals surface area contributed by atoms with E-state index in [1.54, 1.807) is 6.08 Å². The van der Waals surface area contributed by atoms with E-state index in [1.807, 2.05) is 0 Å². The first-order valence-corrected chi connectivity index (χ1v) is 3.41. The molecule has 0 aromatic rings. The lowest BCUT2D eigenvalue weighted by atomic mass is 10.3. The highest BCUT2D eigenvalue weighted by molar-refractivity contribution is 6.17. The van der Waals surface area contributed by atoms with Crippen LogP contribution >= 0.6 is 11.6 Å². The van der Waals surface area contributed by atoms with Gasteiger partial charge in [0, 0.05) is 5.88 Å². The van der Waals surface area contributed by atoms with Gasteiger partial charge in [-0.3, -0.25) is 0 Å². The largest absolute Gasteiger partial charge is 0.510 e. The average molecular weight is 165 g/mol. The SMILES string of the molecule is O=C(O)OC=CCCCCl. The molecule has 0 aliphatic carbocycles. The van der Waals surface area contributed by atoms with Gasteiger partial charge in [-0.2, -0.15) is 0 Å². The molecular formula is C6H9ClO3. The summed E-state index contributed by atoms with van der Waals surface area (Å²) in [6.07, 6.45) is 3.06. The summed E-state index contributed by atoms with van der Waals surface area (Å²) in [4.78, 5) is 9.73. The van der Waals surface area contributed by atoms with Crippen LogP contribution in [0.4, 0.5) is 4.79 Å². The molecule has 58 valence electrons. The van der Waals surface area contributed by atoms with E-state index in [1.165, 1.54) is 0 Å². The Balaban J connectivity index is 3.12. The van der Waals surface area contributed by atoms with Crippen LogP contribution in [0, 0.1) is 0 Å². The second kappa shape index (κ2) is 6.42. The molecule has 10 heavy (non-hydrogen) atoms. The number of alkyl halides is 1. The van der Waals surface area contributed by atoms with E-state index in [2.05, 4.69) is 4.74 Å². The Bertz CT molecular complexity index is 122. The predicted molar refractivity (Wildman–Crippen MR) is 38.2 cm³/mol. The van der Waals surface area contributed by atoms with Crippen LogP contribution in [-0.4, -0.2) is 17.1 Å². The Morgan fingerprint density at radius 1 is 1.70 bits per heavy atom. The van der Waals surface area contributed by atoms with Crippen LogP contribution in [0.25, 0.3) is 0 Å². The topological polar surface area (TPSA) is 46.5 Å². The van der Waals surface area contributed by atoms with Crippen molar-refractivity contribution in [1.82, 2.24) is 0 Å². The normalized spacial score (nSPS) is 10.1. The highest BCUT2D eigenvalue weighted by Crippen LogP contribution is 1.93. The molecule has 1 N–H and O–H groups in total. The highest BCUT2D eigenvalue weighted by Gasteiger charge is 1.87. The first-order valence-electron chi connectivity index (χ1n) is 2.88. The van der Waals surface area contributed by atoms with Gasteiger partial charge in [-0.1, -0.05) is 0 Å². The zero-order valence-electron chi connectivity index (χ0n) is 5.42. The molecule has 0 aliphatic heterocycles. The van der Waals surface area contributed by atoms with Gasteiger partial charge in [-0.15, -0.1) is 11.6 Å². The third-order valence-corrected chi connectivity index (χ3v) is 1.04. The van der Waals surface area contributed by atoms with E-state index in [0.29, 0.717) is 5.88 Å². The van der Waals surface area contributed by atoms with Gasteiger partial charge in [0.1, 0.15) is 0 Å². The van der Waals surface area contributed by atoms with Gasteiger partial charge in [0.05, 0.1) is 6.26 Å². The van der Waals surface area contributed by atoms with E-state index in [0.717, 1.165) is 19.1 Å². The van der Waals surface area contributed by atoms with Crippen LogP contribution in [0.1, 0.15) is 12.8 Å². The Hall–Kier alpha value is -0.700. The number of allylic oxidation sites excluding steroid dienone is 1. The molecule has 0 aromatic heterocycles. The lowest BCUT2D eigenvalue weighted by Gasteiger charge is -1.88. The molecule has 0 saturated carbocycles. The lowest BCUT2D eigenvalue weighted by molar-refractivity contribution is 0.128. The number of rotatable bonds is 4. The van der Waals surface area contributed by atoms with Gasteiger partial charge in [0.25, 0.3) is 0 Å². The number of carboxylic acid groups (broad SMARTS) is 1. The summed E-state index contributed by atoms with van der Waals surface area (Å²) in [6.45, 7) is 0. The minimum Gasteiger partial charge on any atom is -0.449 e. The first-order chi connectivity index (χ1) is 4.77. The lowest BCUT2D eigenvalue weighted by Crippen LogP contribution is -1.91. The quantitative estimate of drug-likeness (QED) is 0.300. The molecule has 4 heteroatoms. The molecule has 0 unspecified atom stereocenters. The summed E-state index contributed by atoms with van der Waals surface area (Å²) in [6, 6.07) is 0. The summed E-state index contributed by atoms with van der Waals surface area (Å²) in [7, 11) is 0. The van der Waals surface area contributed by atoms with Crippen LogP contribution in [-0.2, 0) is 4.74 Å². The summed E-state index contributed by atoms with van der Waals surface area (Å²) in [5.74, 6) is 0.581. The fraction of sp³-hybridized carbons (Fsp3) is 0.500. The second-order valence-electron chi connectivity index (χ2n) is 1.59.